The van der Waals surface area contributed by atoms with Crippen molar-refractivity contribution >= 4 is 22.7 Å². The van der Waals surface area contributed by atoms with Gasteiger partial charge in [-0.2, -0.15) is 10.1 Å². The van der Waals surface area contributed by atoms with Crippen LogP contribution in [0.2, 0.25) is 0 Å². The average Bonchev–Trinajstić information content (AvgIpc) is 3.52. The Morgan fingerprint density at radius 3 is 2.69 bits per heavy atom. The van der Waals surface area contributed by atoms with E-state index in [-0.39, 0.29) is 6.04 Å². The molecule has 1 atom stereocenters. The zero-order valence-corrected chi connectivity index (χ0v) is 22.5. The summed E-state index contributed by atoms with van der Waals surface area (Å²) in [6.45, 7) is 7.53. The molecule has 7 rings (SSSR count). The quantitative estimate of drug-likeness (QED) is 0.334. The Bertz CT molecular complexity index is 1640. The van der Waals surface area contributed by atoms with E-state index in [1.807, 2.05) is 31.8 Å². The van der Waals surface area contributed by atoms with E-state index in [2.05, 4.69) is 68.6 Å². The fourth-order valence-corrected chi connectivity index (χ4v) is 5.98. The SMILES string of the molecule is Cc1noc(C)c1-c1ccc2nc(N3CCc4c(cnn4C)C3)nc(N3CCOC[C@@H]3c3ccccc3)c2c1. The fourth-order valence-electron chi connectivity index (χ4n) is 5.98. The Balaban J connectivity index is 1.39. The number of aromatic nitrogens is 5. The second kappa shape index (κ2) is 9.50. The second-order valence-corrected chi connectivity index (χ2v) is 10.4. The first-order chi connectivity index (χ1) is 19.1. The van der Waals surface area contributed by atoms with Crippen LogP contribution < -0.4 is 9.80 Å². The number of anilines is 2. The first-order valence-electron chi connectivity index (χ1n) is 13.5. The smallest absolute Gasteiger partial charge is 0.228 e. The third-order valence-electron chi connectivity index (χ3n) is 7.98. The molecule has 39 heavy (non-hydrogen) atoms. The normalized spacial score (nSPS) is 17.6. The molecule has 0 unspecified atom stereocenters. The Morgan fingerprint density at radius 1 is 1.00 bits per heavy atom. The zero-order chi connectivity index (χ0) is 26.5. The summed E-state index contributed by atoms with van der Waals surface area (Å²) in [6, 6.07) is 17.0. The molecule has 0 spiro atoms. The monoisotopic (exact) mass is 521 g/mol. The van der Waals surface area contributed by atoms with Crippen LogP contribution in [-0.2, 0) is 24.8 Å². The first kappa shape index (κ1) is 23.8. The van der Waals surface area contributed by atoms with E-state index < -0.39 is 0 Å². The van der Waals surface area contributed by atoms with Gasteiger partial charge in [0.25, 0.3) is 0 Å². The Morgan fingerprint density at radius 2 is 1.87 bits per heavy atom. The molecule has 0 radical (unpaired) electrons. The van der Waals surface area contributed by atoms with Gasteiger partial charge in [0.2, 0.25) is 5.95 Å². The lowest BCUT2D eigenvalue weighted by atomic mass is 10.0. The summed E-state index contributed by atoms with van der Waals surface area (Å²) < 4.78 is 13.4. The summed E-state index contributed by atoms with van der Waals surface area (Å²) in [5.74, 6) is 2.48. The molecule has 1 fully saturated rings. The lowest BCUT2D eigenvalue weighted by Crippen LogP contribution is -2.40. The van der Waals surface area contributed by atoms with Crippen molar-refractivity contribution in [2.75, 3.05) is 36.1 Å². The highest BCUT2D eigenvalue weighted by Gasteiger charge is 2.30. The van der Waals surface area contributed by atoms with Crippen LogP contribution in [0.1, 0.15) is 34.3 Å². The van der Waals surface area contributed by atoms with Gasteiger partial charge in [-0.3, -0.25) is 4.68 Å². The molecule has 3 aromatic heterocycles. The van der Waals surface area contributed by atoms with Gasteiger partial charge >= 0.3 is 0 Å². The summed E-state index contributed by atoms with van der Waals surface area (Å²) in [5.41, 5.74) is 7.60. The molecule has 0 bridgehead atoms. The van der Waals surface area contributed by atoms with E-state index in [0.717, 1.165) is 71.3 Å². The zero-order valence-electron chi connectivity index (χ0n) is 22.5. The van der Waals surface area contributed by atoms with Crippen LogP contribution in [0.4, 0.5) is 11.8 Å². The van der Waals surface area contributed by atoms with Crippen molar-refractivity contribution in [1.82, 2.24) is 24.9 Å². The topological polar surface area (TPSA) is 85.3 Å². The lowest BCUT2D eigenvalue weighted by Gasteiger charge is -2.38. The van der Waals surface area contributed by atoms with Crippen LogP contribution in [0.5, 0.6) is 0 Å². The van der Waals surface area contributed by atoms with E-state index in [9.17, 15) is 0 Å². The van der Waals surface area contributed by atoms with Crippen LogP contribution >= 0.6 is 0 Å². The molecule has 0 N–H and O–H groups in total. The molecule has 198 valence electrons. The largest absolute Gasteiger partial charge is 0.377 e. The predicted molar refractivity (Wildman–Crippen MR) is 150 cm³/mol. The maximum atomic E-state index is 5.98. The summed E-state index contributed by atoms with van der Waals surface area (Å²) >= 11 is 0. The van der Waals surface area contributed by atoms with Crippen LogP contribution in [0.25, 0.3) is 22.0 Å². The summed E-state index contributed by atoms with van der Waals surface area (Å²) in [5, 5.41) is 9.67. The minimum absolute atomic E-state index is 0.0555. The molecule has 9 nitrogen and oxygen atoms in total. The van der Waals surface area contributed by atoms with Gasteiger partial charge < -0.3 is 19.1 Å². The Kier molecular flexibility index (Phi) is 5.81. The van der Waals surface area contributed by atoms with Crippen LogP contribution in [0, 0.1) is 13.8 Å². The van der Waals surface area contributed by atoms with Gasteiger partial charge in [-0.05, 0) is 37.1 Å². The highest BCUT2D eigenvalue weighted by Crippen LogP contribution is 2.38. The van der Waals surface area contributed by atoms with Crippen molar-refractivity contribution in [2.24, 2.45) is 7.05 Å². The molecule has 0 saturated carbocycles. The number of aryl methyl sites for hydroxylation is 3. The minimum Gasteiger partial charge on any atom is -0.377 e. The predicted octanol–water partition coefficient (Wildman–Crippen LogP) is 4.78. The minimum atomic E-state index is 0.0555. The second-order valence-electron chi connectivity index (χ2n) is 10.4. The van der Waals surface area contributed by atoms with Gasteiger partial charge in [-0.1, -0.05) is 41.6 Å². The third kappa shape index (κ3) is 4.13. The lowest BCUT2D eigenvalue weighted by molar-refractivity contribution is 0.0939. The van der Waals surface area contributed by atoms with Gasteiger partial charge in [0.05, 0.1) is 36.7 Å². The number of hydrogen-bond acceptors (Lipinski definition) is 8. The first-order valence-corrected chi connectivity index (χ1v) is 13.5. The molecular formula is C30H31N7O2. The number of hydrogen-bond donors (Lipinski definition) is 0. The van der Waals surface area contributed by atoms with Crippen molar-refractivity contribution in [3.63, 3.8) is 0 Å². The summed E-state index contributed by atoms with van der Waals surface area (Å²) in [4.78, 5) is 15.0. The maximum absolute atomic E-state index is 5.98. The van der Waals surface area contributed by atoms with Gasteiger partial charge in [-0.15, -0.1) is 0 Å². The summed E-state index contributed by atoms with van der Waals surface area (Å²) in [7, 11) is 2.01. The van der Waals surface area contributed by atoms with Gasteiger partial charge in [0, 0.05) is 55.3 Å². The molecule has 9 heteroatoms. The van der Waals surface area contributed by atoms with Gasteiger partial charge in [0.1, 0.15) is 11.6 Å². The summed E-state index contributed by atoms with van der Waals surface area (Å²) in [6.07, 6.45) is 2.88. The average molecular weight is 522 g/mol. The van der Waals surface area contributed by atoms with Crippen LogP contribution in [0.3, 0.4) is 0 Å². The number of rotatable bonds is 4. The molecule has 1 saturated heterocycles. The number of ether oxygens (including phenoxy) is 1. The van der Waals surface area contributed by atoms with Crippen molar-refractivity contribution in [2.45, 2.75) is 32.9 Å². The third-order valence-corrected chi connectivity index (χ3v) is 7.98. The Hall–Kier alpha value is -4.24. The molecule has 2 aromatic carbocycles. The van der Waals surface area contributed by atoms with E-state index in [1.54, 1.807) is 0 Å². The molecule has 2 aliphatic heterocycles. The van der Waals surface area contributed by atoms with Crippen molar-refractivity contribution in [1.29, 1.82) is 0 Å². The van der Waals surface area contributed by atoms with E-state index in [4.69, 9.17) is 19.2 Å². The van der Waals surface area contributed by atoms with Crippen molar-refractivity contribution < 1.29 is 9.26 Å². The van der Waals surface area contributed by atoms with E-state index in [1.165, 1.54) is 16.8 Å². The number of morpholine rings is 1. The fraction of sp³-hybridized carbons (Fsp3) is 0.333. The molecule has 2 aliphatic rings. The number of benzene rings is 2. The number of fused-ring (bicyclic) bond motifs is 2. The Labute approximate surface area is 227 Å². The molecule has 5 heterocycles. The van der Waals surface area contributed by atoms with Crippen LogP contribution in [-0.4, -0.2) is 51.2 Å². The van der Waals surface area contributed by atoms with Crippen LogP contribution in [0.15, 0.2) is 59.3 Å². The van der Waals surface area contributed by atoms with E-state index in [0.29, 0.717) is 13.2 Å². The molecule has 0 aliphatic carbocycles. The van der Waals surface area contributed by atoms with Gasteiger partial charge in [0.15, 0.2) is 0 Å². The standard InChI is InChI=1S/C30H31N7O2/c1-19-28(20(2)39-34-19)22-9-10-25-24(15-22)29(37-13-14-38-18-27(37)21-7-5-4-6-8-21)33-30(32-25)36-12-11-26-23(17-36)16-31-35(26)3/h4-10,15-16,27H,11-14,17-18H2,1-3H3/t27-/m1/s1. The highest BCUT2D eigenvalue weighted by atomic mass is 16.5. The van der Waals surface area contributed by atoms with Crippen molar-refractivity contribution in [3.05, 3.63) is 83.0 Å². The molecular weight excluding hydrogens is 490 g/mol. The number of nitrogens with zero attached hydrogens (tertiary/aromatic N) is 7. The maximum Gasteiger partial charge on any atom is 0.228 e. The molecule has 0 amide bonds. The van der Waals surface area contributed by atoms with E-state index >= 15 is 0 Å². The highest BCUT2D eigenvalue weighted by molar-refractivity contribution is 5.94. The molecule has 5 aromatic rings. The van der Waals surface area contributed by atoms with Crippen molar-refractivity contribution in [3.8, 4) is 11.1 Å². The van der Waals surface area contributed by atoms with Gasteiger partial charge in [-0.25, -0.2) is 4.98 Å².